The average Bonchev–Trinajstić information content (AvgIpc) is 2.20. The van der Waals surface area contributed by atoms with Crippen LogP contribution in [0, 0.1) is 15.5 Å². The molecule has 0 saturated carbocycles. The zero-order valence-electron chi connectivity index (χ0n) is 9.43. The van der Waals surface area contributed by atoms with E-state index in [1.54, 1.807) is 6.07 Å². The molecule has 0 bridgehead atoms. The van der Waals surface area contributed by atoms with Crippen molar-refractivity contribution in [2.75, 3.05) is 6.54 Å². The standard InChI is InChI=1S/C11H16N2O3/c1-11(2,7-12)6-8-3-4-10(14)9(5-8)13(15)16/h3-5,14H,6-7,12H2,1-2H3. The summed E-state index contributed by atoms with van der Waals surface area (Å²) in [6, 6.07) is 4.42. The largest absolute Gasteiger partial charge is 0.502 e. The smallest absolute Gasteiger partial charge is 0.310 e. The molecule has 0 aliphatic carbocycles. The fourth-order valence-corrected chi connectivity index (χ4v) is 1.45. The molecule has 3 N–H and O–H groups in total. The topological polar surface area (TPSA) is 89.4 Å². The molecule has 5 heteroatoms. The molecule has 5 nitrogen and oxygen atoms in total. The van der Waals surface area contributed by atoms with Crippen LogP contribution in [0.2, 0.25) is 0 Å². The van der Waals surface area contributed by atoms with Crippen LogP contribution in [-0.2, 0) is 6.42 Å². The Bertz CT molecular complexity index is 402. The van der Waals surface area contributed by atoms with Crippen LogP contribution in [-0.4, -0.2) is 16.6 Å². The van der Waals surface area contributed by atoms with Crippen molar-refractivity contribution in [2.24, 2.45) is 11.1 Å². The van der Waals surface area contributed by atoms with Gasteiger partial charge in [-0.25, -0.2) is 0 Å². The molecule has 16 heavy (non-hydrogen) atoms. The molecule has 0 amide bonds. The molecule has 0 atom stereocenters. The molecule has 0 radical (unpaired) electrons. The lowest BCUT2D eigenvalue weighted by Crippen LogP contribution is -2.25. The molecule has 0 heterocycles. The third-order valence-corrected chi connectivity index (χ3v) is 2.47. The van der Waals surface area contributed by atoms with Crippen LogP contribution in [0.5, 0.6) is 5.75 Å². The van der Waals surface area contributed by atoms with Crippen molar-refractivity contribution in [1.82, 2.24) is 0 Å². The molecule has 0 aromatic heterocycles. The second-order valence-corrected chi connectivity index (χ2v) is 4.63. The zero-order valence-corrected chi connectivity index (χ0v) is 9.43. The Morgan fingerprint density at radius 2 is 2.12 bits per heavy atom. The summed E-state index contributed by atoms with van der Waals surface area (Å²) in [6.45, 7) is 4.49. The maximum Gasteiger partial charge on any atom is 0.310 e. The van der Waals surface area contributed by atoms with Gasteiger partial charge >= 0.3 is 5.69 Å². The monoisotopic (exact) mass is 224 g/mol. The highest BCUT2D eigenvalue weighted by Gasteiger charge is 2.19. The molecule has 0 fully saturated rings. The molecule has 1 aromatic carbocycles. The van der Waals surface area contributed by atoms with E-state index in [9.17, 15) is 15.2 Å². The Morgan fingerprint density at radius 1 is 1.50 bits per heavy atom. The van der Waals surface area contributed by atoms with E-state index in [1.807, 2.05) is 13.8 Å². The number of nitrogens with two attached hydrogens (primary N) is 1. The van der Waals surface area contributed by atoms with E-state index in [4.69, 9.17) is 5.73 Å². The molecule has 0 saturated heterocycles. The highest BCUT2D eigenvalue weighted by Crippen LogP contribution is 2.29. The number of rotatable bonds is 4. The van der Waals surface area contributed by atoms with E-state index in [0.29, 0.717) is 13.0 Å². The molecule has 1 rings (SSSR count). The Kier molecular flexibility index (Phi) is 3.49. The van der Waals surface area contributed by atoms with Crippen LogP contribution in [0.4, 0.5) is 5.69 Å². The van der Waals surface area contributed by atoms with E-state index in [1.165, 1.54) is 12.1 Å². The van der Waals surface area contributed by atoms with Gasteiger partial charge in [-0.1, -0.05) is 19.9 Å². The lowest BCUT2D eigenvalue weighted by molar-refractivity contribution is -0.385. The van der Waals surface area contributed by atoms with Gasteiger partial charge in [0, 0.05) is 6.07 Å². The van der Waals surface area contributed by atoms with Gasteiger partial charge in [0.25, 0.3) is 0 Å². The minimum atomic E-state index is -0.589. The van der Waals surface area contributed by atoms with Crippen molar-refractivity contribution < 1.29 is 10.0 Å². The van der Waals surface area contributed by atoms with Crippen molar-refractivity contribution >= 4 is 5.69 Å². The first kappa shape index (κ1) is 12.4. The van der Waals surface area contributed by atoms with Crippen molar-refractivity contribution in [2.45, 2.75) is 20.3 Å². The van der Waals surface area contributed by atoms with Gasteiger partial charge in [0.05, 0.1) is 4.92 Å². The van der Waals surface area contributed by atoms with Gasteiger partial charge in [-0.3, -0.25) is 10.1 Å². The van der Waals surface area contributed by atoms with Crippen molar-refractivity contribution in [3.63, 3.8) is 0 Å². The number of phenolic OH excluding ortho intramolecular Hbond substituents is 1. The molecule has 1 aromatic rings. The van der Waals surface area contributed by atoms with Gasteiger partial charge in [0.2, 0.25) is 0 Å². The molecular formula is C11H16N2O3. The lowest BCUT2D eigenvalue weighted by atomic mass is 9.86. The van der Waals surface area contributed by atoms with Crippen molar-refractivity contribution in [1.29, 1.82) is 0 Å². The van der Waals surface area contributed by atoms with Gasteiger partial charge in [0.15, 0.2) is 5.75 Å². The van der Waals surface area contributed by atoms with Crippen molar-refractivity contribution in [3.8, 4) is 5.75 Å². The van der Waals surface area contributed by atoms with E-state index in [2.05, 4.69) is 0 Å². The number of benzene rings is 1. The van der Waals surface area contributed by atoms with Crippen LogP contribution in [0.3, 0.4) is 0 Å². The highest BCUT2D eigenvalue weighted by atomic mass is 16.6. The molecule has 88 valence electrons. The van der Waals surface area contributed by atoms with Crippen LogP contribution < -0.4 is 5.73 Å². The summed E-state index contributed by atoms with van der Waals surface area (Å²) in [4.78, 5) is 10.0. The summed E-state index contributed by atoms with van der Waals surface area (Å²) in [5, 5.41) is 19.9. The first-order valence-electron chi connectivity index (χ1n) is 5.02. The lowest BCUT2D eigenvalue weighted by Gasteiger charge is -2.22. The molecule has 0 aliphatic rings. The minimum absolute atomic E-state index is 0.106. The van der Waals surface area contributed by atoms with Gasteiger partial charge < -0.3 is 10.8 Å². The quantitative estimate of drug-likeness (QED) is 0.603. The molecular weight excluding hydrogens is 208 g/mol. The van der Waals surface area contributed by atoms with E-state index >= 15 is 0 Å². The number of hydrogen-bond donors (Lipinski definition) is 2. The minimum Gasteiger partial charge on any atom is -0.502 e. The number of nitro groups is 1. The molecule has 0 unspecified atom stereocenters. The highest BCUT2D eigenvalue weighted by molar-refractivity contribution is 5.47. The van der Waals surface area contributed by atoms with Crippen LogP contribution in [0.1, 0.15) is 19.4 Å². The molecule has 0 aliphatic heterocycles. The zero-order chi connectivity index (χ0) is 12.3. The van der Waals surface area contributed by atoms with E-state index < -0.39 is 4.92 Å². The summed E-state index contributed by atoms with van der Waals surface area (Å²) in [7, 11) is 0. The normalized spacial score (nSPS) is 11.4. The Morgan fingerprint density at radius 3 is 2.62 bits per heavy atom. The average molecular weight is 224 g/mol. The predicted molar refractivity (Wildman–Crippen MR) is 61.3 cm³/mol. The van der Waals surface area contributed by atoms with Gasteiger partial charge in [0.1, 0.15) is 0 Å². The Balaban J connectivity index is 3.00. The maximum atomic E-state index is 10.6. The SMILES string of the molecule is CC(C)(CN)Cc1ccc(O)c([N+](=O)[O-])c1. The number of hydrogen-bond acceptors (Lipinski definition) is 4. The van der Waals surface area contributed by atoms with Crippen LogP contribution >= 0.6 is 0 Å². The van der Waals surface area contributed by atoms with Crippen molar-refractivity contribution in [3.05, 3.63) is 33.9 Å². The van der Waals surface area contributed by atoms with Gasteiger partial charge in [-0.05, 0) is 30.0 Å². The van der Waals surface area contributed by atoms with Crippen LogP contribution in [0.25, 0.3) is 0 Å². The summed E-state index contributed by atoms with van der Waals surface area (Å²) < 4.78 is 0. The predicted octanol–water partition coefficient (Wildman–Crippen LogP) is 1.83. The third-order valence-electron chi connectivity index (χ3n) is 2.47. The Hall–Kier alpha value is -1.62. The third kappa shape index (κ3) is 2.93. The number of nitrogens with zero attached hydrogens (tertiary/aromatic N) is 1. The number of aromatic hydroxyl groups is 1. The van der Waals surface area contributed by atoms with Crippen LogP contribution in [0.15, 0.2) is 18.2 Å². The Labute approximate surface area is 94.0 Å². The summed E-state index contributed by atoms with van der Waals surface area (Å²) in [5.74, 6) is -0.306. The second kappa shape index (κ2) is 4.49. The van der Waals surface area contributed by atoms with Gasteiger partial charge in [-0.2, -0.15) is 0 Å². The summed E-state index contributed by atoms with van der Waals surface area (Å²) in [6.07, 6.45) is 0.643. The second-order valence-electron chi connectivity index (χ2n) is 4.63. The number of phenols is 1. The fraction of sp³-hybridized carbons (Fsp3) is 0.455. The first-order valence-corrected chi connectivity index (χ1v) is 5.02. The summed E-state index contributed by atoms with van der Waals surface area (Å²) in [5.41, 5.74) is 6.04. The van der Waals surface area contributed by atoms with E-state index in [0.717, 1.165) is 5.56 Å². The maximum absolute atomic E-state index is 10.6. The summed E-state index contributed by atoms with van der Waals surface area (Å²) >= 11 is 0. The fourth-order valence-electron chi connectivity index (χ4n) is 1.45. The van der Waals surface area contributed by atoms with E-state index in [-0.39, 0.29) is 16.9 Å². The molecule has 0 spiro atoms. The number of nitro benzene ring substituents is 1. The first-order chi connectivity index (χ1) is 7.35. The van der Waals surface area contributed by atoms with Gasteiger partial charge in [-0.15, -0.1) is 0 Å².